The van der Waals surface area contributed by atoms with Crippen LogP contribution in [-0.4, -0.2) is 20.6 Å². The monoisotopic (exact) mass is 232 g/mol. The average Bonchev–Trinajstić information content (AvgIpc) is 2.68. The number of rotatable bonds is 1. The minimum atomic E-state index is -4.59. The van der Waals surface area contributed by atoms with Gasteiger partial charge in [-0.15, -0.1) is 10.2 Å². The second-order valence-electron chi connectivity index (χ2n) is 2.92. The lowest BCUT2D eigenvalue weighted by Gasteiger charge is -2.09. The van der Waals surface area contributed by atoms with E-state index in [0.29, 0.717) is 12.1 Å². The second kappa shape index (κ2) is 3.54. The van der Waals surface area contributed by atoms with Crippen molar-refractivity contribution in [2.45, 2.75) is 6.18 Å². The summed E-state index contributed by atoms with van der Waals surface area (Å²) in [7, 11) is 0. The number of nitrogens with zero attached hydrogens (tertiary/aromatic N) is 3. The highest BCUT2D eigenvalue weighted by Crippen LogP contribution is 2.35. The van der Waals surface area contributed by atoms with Gasteiger partial charge < -0.3 is 0 Å². The van der Waals surface area contributed by atoms with Crippen molar-refractivity contribution < 1.29 is 17.6 Å². The largest absolute Gasteiger partial charge is 0.417 e. The van der Waals surface area contributed by atoms with E-state index in [4.69, 9.17) is 0 Å². The number of aromatic amines is 1. The smallest absolute Gasteiger partial charge is 0.207 e. The van der Waals surface area contributed by atoms with Crippen LogP contribution < -0.4 is 0 Å². The van der Waals surface area contributed by atoms with Gasteiger partial charge in [0.25, 0.3) is 0 Å². The lowest BCUT2D eigenvalue weighted by Crippen LogP contribution is -2.08. The third kappa shape index (κ3) is 1.86. The van der Waals surface area contributed by atoms with Gasteiger partial charge in [0, 0.05) is 5.56 Å². The third-order valence-corrected chi connectivity index (χ3v) is 1.87. The molecule has 0 spiro atoms. The highest BCUT2D eigenvalue weighted by molar-refractivity contribution is 5.60. The molecular weight excluding hydrogens is 228 g/mol. The molecule has 0 radical (unpaired) electrons. The molecule has 2 rings (SSSR count). The maximum Gasteiger partial charge on any atom is 0.417 e. The van der Waals surface area contributed by atoms with Gasteiger partial charge in [0.2, 0.25) is 5.82 Å². The zero-order valence-electron chi connectivity index (χ0n) is 7.59. The van der Waals surface area contributed by atoms with Gasteiger partial charge in [0.1, 0.15) is 5.82 Å². The predicted octanol–water partition coefficient (Wildman–Crippen LogP) is 2.02. The van der Waals surface area contributed by atoms with Crippen molar-refractivity contribution in [3.63, 3.8) is 0 Å². The fraction of sp³-hybridized carbons (Fsp3) is 0.125. The first-order valence-electron chi connectivity index (χ1n) is 4.09. The number of aromatic nitrogens is 4. The number of H-pyrrole nitrogens is 1. The van der Waals surface area contributed by atoms with Crippen LogP contribution in [0.5, 0.6) is 0 Å². The molecule has 8 heteroatoms. The number of benzene rings is 1. The Bertz CT molecular complexity index is 491. The van der Waals surface area contributed by atoms with E-state index in [-0.39, 0.29) is 5.82 Å². The summed E-state index contributed by atoms with van der Waals surface area (Å²) in [5.41, 5.74) is -1.45. The lowest BCUT2D eigenvalue weighted by atomic mass is 10.1. The Balaban J connectivity index is 2.63. The molecule has 0 saturated heterocycles. The quantitative estimate of drug-likeness (QED) is 0.765. The van der Waals surface area contributed by atoms with E-state index in [2.05, 4.69) is 15.4 Å². The van der Waals surface area contributed by atoms with Crippen molar-refractivity contribution in [1.82, 2.24) is 20.6 Å². The summed E-state index contributed by atoms with van der Waals surface area (Å²) in [5, 5.41) is 11.9. The Morgan fingerprint density at radius 2 is 1.94 bits per heavy atom. The van der Waals surface area contributed by atoms with Crippen LogP contribution in [0.4, 0.5) is 17.6 Å². The Morgan fingerprint density at radius 3 is 2.50 bits per heavy atom. The molecule has 1 N–H and O–H groups in total. The highest BCUT2D eigenvalue weighted by Gasteiger charge is 2.34. The Hall–Kier alpha value is -1.99. The fourth-order valence-electron chi connectivity index (χ4n) is 1.22. The lowest BCUT2D eigenvalue weighted by molar-refractivity contribution is -0.137. The van der Waals surface area contributed by atoms with Crippen molar-refractivity contribution in [3.05, 3.63) is 29.6 Å². The first kappa shape index (κ1) is 10.5. The molecule has 0 aliphatic rings. The van der Waals surface area contributed by atoms with E-state index in [1.54, 1.807) is 0 Å². The van der Waals surface area contributed by atoms with E-state index >= 15 is 0 Å². The average molecular weight is 232 g/mol. The van der Waals surface area contributed by atoms with Crippen LogP contribution in [0.1, 0.15) is 5.56 Å². The minimum absolute atomic E-state index is 0.299. The summed E-state index contributed by atoms with van der Waals surface area (Å²) in [5.74, 6) is -1.10. The molecule has 0 aliphatic carbocycles. The summed E-state index contributed by atoms with van der Waals surface area (Å²) >= 11 is 0. The third-order valence-electron chi connectivity index (χ3n) is 1.87. The van der Waals surface area contributed by atoms with Crippen LogP contribution in [0.3, 0.4) is 0 Å². The highest BCUT2D eigenvalue weighted by atomic mass is 19.4. The van der Waals surface area contributed by atoms with Crippen LogP contribution >= 0.6 is 0 Å². The van der Waals surface area contributed by atoms with Crippen LogP contribution in [0.2, 0.25) is 0 Å². The number of tetrazole rings is 1. The van der Waals surface area contributed by atoms with E-state index in [0.717, 1.165) is 6.07 Å². The minimum Gasteiger partial charge on any atom is -0.207 e. The van der Waals surface area contributed by atoms with Crippen LogP contribution in [0.15, 0.2) is 18.2 Å². The van der Waals surface area contributed by atoms with Gasteiger partial charge in [-0.05, 0) is 23.4 Å². The molecule has 0 bridgehead atoms. The summed E-state index contributed by atoms with van der Waals surface area (Å²) < 4.78 is 50.6. The van der Waals surface area contributed by atoms with E-state index in [9.17, 15) is 17.6 Å². The first-order chi connectivity index (χ1) is 7.48. The predicted molar refractivity (Wildman–Crippen MR) is 44.6 cm³/mol. The van der Waals surface area contributed by atoms with Crippen LogP contribution in [0.25, 0.3) is 11.4 Å². The van der Waals surface area contributed by atoms with Gasteiger partial charge in [-0.25, -0.2) is 4.39 Å². The Labute approximate surface area is 86.3 Å². The second-order valence-corrected chi connectivity index (χ2v) is 2.92. The van der Waals surface area contributed by atoms with Gasteiger partial charge in [0.15, 0.2) is 0 Å². The molecule has 0 amide bonds. The van der Waals surface area contributed by atoms with Gasteiger partial charge in [-0.2, -0.15) is 18.4 Å². The number of hydrogen-bond donors (Lipinski definition) is 1. The molecule has 4 nitrogen and oxygen atoms in total. The van der Waals surface area contributed by atoms with Crippen LogP contribution in [0, 0.1) is 5.82 Å². The molecule has 1 aromatic heterocycles. The number of alkyl halides is 3. The zero-order chi connectivity index (χ0) is 11.8. The van der Waals surface area contributed by atoms with E-state index < -0.39 is 23.1 Å². The molecule has 84 valence electrons. The zero-order valence-corrected chi connectivity index (χ0v) is 7.59. The topological polar surface area (TPSA) is 54.5 Å². The van der Waals surface area contributed by atoms with Crippen molar-refractivity contribution in [2.24, 2.45) is 0 Å². The maximum absolute atomic E-state index is 12.9. The summed E-state index contributed by atoms with van der Waals surface area (Å²) in [6, 6.07) is 2.08. The molecular formula is C8H4F4N4. The first-order valence-corrected chi connectivity index (χ1v) is 4.09. The van der Waals surface area contributed by atoms with E-state index in [1.165, 1.54) is 0 Å². The number of hydrogen-bond acceptors (Lipinski definition) is 3. The number of nitrogens with one attached hydrogen (secondary N) is 1. The Morgan fingerprint density at radius 1 is 1.19 bits per heavy atom. The van der Waals surface area contributed by atoms with Crippen molar-refractivity contribution in [1.29, 1.82) is 0 Å². The van der Waals surface area contributed by atoms with Gasteiger partial charge in [-0.3, -0.25) is 0 Å². The van der Waals surface area contributed by atoms with Gasteiger partial charge in [0.05, 0.1) is 5.56 Å². The molecule has 0 unspecified atom stereocenters. The standard InChI is InChI=1S/C8H4F4N4/c9-4-1-2-6(8(10,11)12)5(3-4)7-13-15-16-14-7/h1-3H,(H,13,14,15,16). The molecule has 1 heterocycles. The van der Waals surface area contributed by atoms with Crippen LogP contribution in [-0.2, 0) is 6.18 Å². The fourth-order valence-corrected chi connectivity index (χ4v) is 1.22. The molecule has 16 heavy (non-hydrogen) atoms. The molecule has 0 fully saturated rings. The Kier molecular flexibility index (Phi) is 2.33. The van der Waals surface area contributed by atoms with Crippen molar-refractivity contribution >= 4 is 0 Å². The maximum atomic E-state index is 12.9. The van der Waals surface area contributed by atoms with Gasteiger partial charge >= 0.3 is 6.18 Å². The summed E-state index contributed by atoms with van der Waals surface area (Å²) in [6.07, 6.45) is -4.59. The molecule has 0 atom stereocenters. The molecule has 1 aromatic carbocycles. The number of halogens is 4. The molecule has 0 aliphatic heterocycles. The SMILES string of the molecule is Fc1ccc(C(F)(F)F)c(-c2nn[nH]n2)c1. The normalized spacial score (nSPS) is 11.8. The van der Waals surface area contributed by atoms with Crippen molar-refractivity contribution in [2.75, 3.05) is 0 Å². The molecule has 0 saturated carbocycles. The van der Waals surface area contributed by atoms with Gasteiger partial charge in [-0.1, -0.05) is 0 Å². The van der Waals surface area contributed by atoms with E-state index in [1.807, 2.05) is 5.21 Å². The van der Waals surface area contributed by atoms with Crippen molar-refractivity contribution in [3.8, 4) is 11.4 Å². The molecule has 2 aromatic rings. The summed E-state index contributed by atoms with van der Waals surface area (Å²) in [6.45, 7) is 0. The summed E-state index contributed by atoms with van der Waals surface area (Å²) in [4.78, 5) is 0.